The monoisotopic (exact) mass is 240 g/mol. The van der Waals surface area contributed by atoms with Gasteiger partial charge in [0, 0.05) is 13.2 Å². The molecule has 0 saturated carbocycles. The highest BCUT2D eigenvalue weighted by molar-refractivity contribution is 7.48. The Morgan fingerprint density at radius 2 is 1.47 bits per heavy atom. The third-order valence-electron chi connectivity index (χ3n) is 1.46. The van der Waals surface area contributed by atoms with Crippen LogP contribution >= 0.6 is 7.82 Å². The van der Waals surface area contributed by atoms with Gasteiger partial charge in [-0.3, -0.25) is 13.6 Å². The molecule has 0 heterocycles. The first-order chi connectivity index (χ1) is 7.18. The summed E-state index contributed by atoms with van der Waals surface area (Å²) in [7, 11) is -3.32. The maximum absolute atomic E-state index is 11.7. The van der Waals surface area contributed by atoms with Gasteiger partial charge in [0.2, 0.25) is 0 Å². The van der Waals surface area contributed by atoms with Crippen molar-refractivity contribution in [2.45, 2.75) is 27.2 Å². The lowest BCUT2D eigenvalue weighted by Crippen LogP contribution is -2.04. The highest BCUT2D eigenvalue weighted by Crippen LogP contribution is 2.49. The summed E-state index contributed by atoms with van der Waals surface area (Å²) in [6.45, 7) is 7.61. The summed E-state index contributed by atoms with van der Waals surface area (Å²) in [5, 5.41) is 0. The summed E-state index contributed by atoms with van der Waals surface area (Å²) in [6, 6.07) is 0. The van der Waals surface area contributed by atoms with Crippen LogP contribution in [-0.2, 0) is 22.9 Å². The van der Waals surface area contributed by atoms with Crippen LogP contribution in [0.1, 0.15) is 27.2 Å². The van der Waals surface area contributed by atoms with Crippen LogP contribution < -0.4 is 0 Å². The fraction of sp³-hybridized carbons (Fsp3) is 1.00. The van der Waals surface area contributed by atoms with E-state index in [9.17, 15) is 4.57 Å². The quantitative estimate of drug-likeness (QED) is 0.434. The average Bonchev–Trinajstić information content (AvgIpc) is 2.18. The summed E-state index contributed by atoms with van der Waals surface area (Å²) >= 11 is 0. The minimum absolute atomic E-state index is 0.308. The molecule has 0 spiro atoms. The largest absolute Gasteiger partial charge is 0.474 e. The Balaban J connectivity index is 3.71. The van der Waals surface area contributed by atoms with Gasteiger partial charge in [-0.25, -0.2) is 4.57 Å². The van der Waals surface area contributed by atoms with E-state index < -0.39 is 7.82 Å². The minimum atomic E-state index is -3.32. The zero-order valence-electron chi connectivity index (χ0n) is 9.73. The fourth-order valence-corrected chi connectivity index (χ4v) is 2.12. The summed E-state index contributed by atoms with van der Waals surface area (Å²) in [6.07, 6.45) is 0.679. The molecule has 6 heteroatoms. The lowest BCUT2D eigenvalue weighted by molar-refractivity contribution is 0.0978. The lowest BCUT2D eigenvalue weighted by Gasteiger charge is -2.16. The van der Waals surface area contributed by atoms with Crippen molar-refractivity contribution in [3.8, 4) is 0 Å². The minimum Gasteiger partial charge on any atom is -0.382 e. The van der Waals surface area contributed by atoms with Crippen molar-refractivity contribution in [1.29, 1.82) is 0 Å². The SMILES string of the molecule is CCOCCCOP(=O)(OCC)OCC. The van der Waals surface area contributed by atoms with Crippen molar-refractivity contribution in [3.63, 3.8) is 0 Å². The van der Waals surface area contributed by atoms with Gasteiger partial charge in [-0.2, -0.15) is 0 Å². The van der Waals surface area contributed by atoms with E-state index in [4.69, 9.17) is 18.3 Å². The van der Waals surface area contributed by atoms with E-state index in [2.05, 4.69) is 0 Å². The van der Waals surface area contributed by atoms with Gasteiger partial charge in [0.15, 0.2) is 0 Å². The molecule has 0 aliphatic rings. The Labute approximate surface area is 91.7 Å². The summed E-state index contributed by atoms with van der Waals surface area (Å²) in [5.41, 5.74) is 0. The second kappa shape index (κ2) is 9.31. The molecule has 0 aliphatic heterocycles. The molecular formula is C9H21O5P. The lowest BCUT2D eigenvalue weighted by atomic mass is 10.5. The first-order valence-corrected chi connectivity index (χ1v) is 6.76. The van der Waals surface area contributed by atoms with Gasteiger partial charge in [-0.15, -0.1) is 0 Å². The van der Waals surface area contributed by atoms with Gasteiger partial charge >= 0.3 is 7.82 Å². The van der Waals surface area contributed by atoms with Gasteiger partial charge < -0.3 is 4.74 Å². The third kappa shape index (κ3) is 7.94. The van der Waals surface area contributed by atoms with E-state index >= 15 is 0 Å². The highest BCUT2D eigenvalue weighted by atomic mass is 31.2. The highest BCUT2D eigenvalue weighted by Gasteiger charge is 2.24. The number of phosphoric acid groups is 1. The molecule has 0 amide bonds. The second-order valence-electron chi connectivity index (χ2n) is 2.67. The average molecular weight is 240 g/mol. The molecule has 92 valence electrons. The van der Waals surface area contributed by atoms with Crippen LogP contribution in [0.5, 0.6) is 0 Å². The van der Waals surface area contributed by atoms with Crippen LogP contribution in [0.2, 0.25) is 0 Å². The number of hydrogen-bond donors (Lipinski definition) is 0. The third-order valence-corrected chi connectivity index (χ3v) is 3.11. The molecule has 0 bridgehead atoms. The predicted octanol–water partition coefficient (Wildman–Crippen LogP) is 2.61. The van der Waals surface area contributed by atoms with Crippen molar-refractivity contribution in [2.24, 2.45) is 0 Å². The Hall–Kier alpha value is 0.0700. The Kier molecular flexibility index (Phi) is 9.35. The molecular weight excluding hydrogens is 219 g/mol. The molecule has 0 fully saturated rings. The smallest absolute Gasteiger partial charge is 0.382 e. The van der Waals surface area contributed by atoms with Crippen LogP contribution in [0, 0.1) is 0 Å². The molecule has 0 aromatic heterocycles. The standard InChI is InChI=1S/C9H21O5P/c1-4-11-8-7-9-14-15(10,12-5-2)13-6-3/h4-9H2,1-3H3. The Bertz CT molecular complexity index is 175. The molecule has 5 nitrogen and oxygen atoms in total. The topological polar surface area (TPSA) is 54.0 Å². The normalized spacial score (nSPS) is 11.9. The summed E-state index contributed by atoms with van der Waals surface area (Å²) in [4.78, 5) is 0. The molecule has 0 aromatic carbocycles. The predicted molar refractivity (Wildman–Crippen MR) is 57.9 cm³/mol. The van der Waals surface area contributed by atoms with Crippen molar-refractivity contribution in [3.05, 3.63) is 0 Å². The summed E-state index contributed by atoms with van der Waals surface area (Å²) < 4.78 is 31.8. The second-order valence-corrected chi connectivity index (χ2v) is 4.34. The number of ether oxygens (including phenoxy) is 1. The van der Waals surface area contributed by atoms with Gasteiger partial charge in [-0.05, 0) is 27.2 Å². The first-order valence-electron chi connectivity index (χ1n) is 5.29. The summed E-state index contributed by atoms with van der Waals surface area (Å²) in [5.74, 6) is 0. The van der Waals surface area contributed by atoms with E-state index in [-0.39, 0.29) is 0 Å². The Morgan fingerprint density at radius 1 is 0.867 bits per heavy atom. The molecule has 0 aromatic rings. The number of rotatable bonds is 10. The van der Waals surface area contributed by atoms with Crippen molar-refractivity contribution >= 4 is 7.82 Å². The van der Waals surface area contributed by atoms with Crippen LogP contribution in [-0.4, -0.2) is 33.0 Å². The molecule has 0 N–H and O–H groups in total. The first kappa shape index (κ1) is 15.1. The maximum Gasteiger partial charge on any atom is 0.474 e. The molecule has 0 radical (unpaired) electrons. The Morgan fingerprint density at radius 3 is 1.93 bits per heavy atom. The van der Waals surface area contributed by atoms with Crippen LogP contribution in [0.3, 0.4) is 0 Å². The van der Waals surface area contributed by atoms with E-state index in [1.54, 1.807) is 13.8 Å². The van der Waals surface area contributed by atoms with Crippen LogP contribution in [0.25, 0.3) is 0 Å². The van der Waals surface area contributed by atoms with E-state index in [1.807, 2.05) is 6.92 Å². The fourth-order valence-electron chi connectivity index (χ4n) is 0.910. The van der Waals surface area contributed by atoms with E-state index in [0.717, 1.165) is 0 Å². The van der Waals surface area contributed by atoms with E-state index in [0.29, 0.717) is 39.5 Å². The molecule has 0 saturated heterocycles. The maximum atomic E-state index is 11.7. The molecule has 0 unspecified atom stereocenters. The number of phosphoric ester groups is 1. The zero-order chi connectivity index (χ0) is 11.6. The van der Waals surface area contributed by atoms with E-state index in [1.165, 1.54) is 0 Å². The molecule has 15 heavy (non-hydrogen) atoms. The molecule has 0 rings (SSSR count). The molecule has 0 aliphatic carbocycles. The van der Waals surface area contributed by atoms with Gasteiger partial charge in [-0.1, -0.05) is 0 Å². The molecule has 0 atom stereocenters. The number of hydrogen-bond acceptors (Lipinski definition) is 5. The van der Waals surface area contributed by atoms with Crippen molar-refractivity contribution < 1.29 is 22.9 Å². The van der Waals surface area contributed by atoms with Crippen molar-refractivity contribution in [2.75, 3.05) is 33.0 Å². The van der Waals surface area contributed by atoms with Crippen LogP contribution in [0.15, 0.2) is 0 Å². The van der Waals surface area contributed by atoms with Crippen LogP contribution in [0.4, 0.5) is 0 Å². The van der Waals surface area contributed by atoms with Gasteiger partial charge in [0.05, 0.1) is 19.8 Å². The van der Waals surface area contributed by atoms with Gasteiger partial charge in [0.25, 0.3) is 0 Å². The zero-order valence-corrected chi connectivity index (χ0v) is 10.6. The van der Waals surface area contributed by atoms with Crippen molar-refractivity contribution in [1.82, 2.24) is 0 Å². The van der Waals surface area contributed by atoms with Gasteiger partial charge in [0.1, 0.15) is 0 Å².